The van der Waals surface area contributed by atoms with E-state index in [-0.39, 0.29) is 18.5 Å². The van der Waals surface area contributed by atoms with Gasteiger partial charge in [-0.2, -0.15) is 0 Å². The number of aliphatic hydroxyl groups excluding tert-OH is 2. The van der Waals surface area contributed by atoms with Crippen LogP contribution in [-0.4, -0.2) is 47.4 Å². The quantitative estimate of drug-likeness (QED) is 0.0321. The van der Waals surface area contributed by atoms with Crippen molar-refractivity contribution < 1.29 is 24.5 Å². The molecule has 0 aromatic rings. The topological polar surface area (TPSA) is 95.9 Å². The van der Waals surface area contributed by atoms with Crippen LogP contribution >= 0.6 is 0 Å². The van der Waals surface area contributed by atoms with E-state index >= 15 is 0 Å². The molecular formula is C60H113NO5. The fourth-order valence-corrected chi connectivity index (χ4v) is 8.91. The van der Waals surface area contributed by atoms with Gasteiger partial charge in [0.15, 0.2) is 0 Å². The summed E-state index contributed by atoms with van der Waals surface area (Å²) in [5.41, 5.74) is 0. The van der Waals surface area contributed by atoms with Crippen molar-refractivity contribution in [2.75, 3.05) is 13.2 Å². The lowest BCUT2D eigenvalue weighted by atomic mass is 10.0. The van der Waals surface area contributed by atoms with E-state index in [9.17, 15) is 19.8 Å². The van der Waals surface area contributed by atoms with Crippen molar-refractivity contribution in [3.05, 3.63) is 36.5 Å². The number of nitrogens with one attached hydrogen (secondary N) is 1. The van der Waals surface area contributed by atoms with Gasteiger partial charge in [0.25, 0.3) is 0 Å². The number of carbonyl (C=O) groups is 2. The van der Waals surface area contributed by atoms with Gasteiger partial charge in [0, 0.05) is 12.8 Å². The third kappa shape index (κ3) is 51.5. The lowest BCUT2D eigenvalue weighted by Crippen LogP contribution is -2.45. The molecule has 0 aliphatic rings. The molecule has 0 radical (unpaired) electrons. The SMILES string of the molecule is CCC/C=C\C/C=C\CCCCCCCC(=O)OCCCCCCCCCCCCCCCCCCCCCCCCCCCCCC(=O)NC(CO)C(O)/C=C/CCCCCCCCC. The molecule has 0 fully saturated rings. The van der Waals surface area contributed by atoms with Gasteiger partial charge in [0.1, 0.15) is 0 Å². The lowest BCUT2D eigenvalue weighted by molar-refractivity contribution is -0.143. The molecule has 2 atom stereocenters. The highest BCUT2D eigenvalue weighted by Crippen LogP contribution is 2.17. The van der Waals surface area contributed by atoms with Crippen molar-refractivity contribution in [1.29, 1.82) is 0 Å². The molecule has 0 aromatic heterocycles. The van der Waals surface area contributed by atoms with Crippen molar-refractivity contribution in [1.82, 2.24) is 5.32 Å². The minimum atomic E-state index is -0.840. The smallest absolute Gasteiger partial charge is 0.305 e. The molecule has 2 unspecified atom stereocenters. The predicted molar refractivity (Wildman–Crippen MR) is 287 cm³/mol. The third-order valence-corrected chi connectivity index (χ3v) is 13.4. The van der Waals surface area contributed by atoms with Crippen molar-refractivity contribution in [2.45, 2.75) is 321 Å². The number of amides is 1. The van der Waals surface area contributed by atoms with Crippen molar-refractivity contribution in [2.24, 2.45) is 0 Å². The molecule has 0 aromatic carbocycles. The highest BCUT2D eigenvalue weighted by atomic mass is 16.5. The minimum absolute atomic E-state index is 0.00184. The Hall–Kier alpha value is -1.92. The first-order valence-electron chi connectivity index (χ1n) is 29.3. The molecule has 6 nitrogen and oxygen atoms in total. The van der Waals surface area contributed by atoms with Crippen LogP contribution in [0.1, 0.15) is 309 Å². The van der Waals surface area contributed by atoms with Gasteiger partial charge in [-0.3, -0.25) is 9.59 Å². The van der Waals surface area contributed by atoms with E-state index in [1.54, 1.807) is 6.08 Å². The molecule has 1 amide bonds. The highest BCUT2D eigenvalue weighted by Gasteiger charge is 2.18. The maximum absolute atomic E-state index is 12.4. The number of esters is 1. The molecule has 3 N–H and O–H groups in total. The number of carbonyl (C=O) groups excluding carboxylic acids is 2. The summed E-state index contributed by atoms with van der Waals surface area (Å²) in [6.45, 7) is 4.81. The summed E-state index contributed by atoms with van der Waals surface area (Å²) in [7, 11) is 0. The summed E-state index contributed by atoms with van der Waals surface area (Å²) in [4.78, 5) is 24.4. The van der Waals surface area contributed by atoms with E-state index in [0.717, 1.165) is 51.4 Å². The van der Waals surface area contributed by atoms with Crippen LogP contribution < -0.4 is 5.32 Å². The summed E-state index contributed by atoms with van der Waals surface area (Å²) in [6, 6.07) is -0.623. The summed E-state index contributed by atoms with van der Waals surface area (Å²) < 4.78 is 5.47. The third-order valence-electron chi connectivity index (χ3n) is 13.4. The number of hydrogen-bond donors (Lipinski definition) is 3. The second-order valence-corrected chi connectivity index (χ2v) is 20.0. The molecule has 0 aliphatic heterocycles. The Kier molecular flexibility index (Phi) is 54.1. The molecule has 388 valence electrons. The van der Waals surface area contributed by atoms with E-state index in [4.69, 9.17) is 4.74 Å². The summed E-state index contributed by atoms with van der Waals surface area (Å²) in [5, 5.41) is 22.9. The first-order valence-corrected chi connectivity index (χ1v) is 29.3. The minimum Gasteiger partial charge on any atom is -0.466 e. The number of allylic oxidation sites excluding steroid dienone is 5. The molecule has 0 aliphatic carbocycles. The Bertz CT molecular complexity index is 1070. The fraction of sp³-hybridized carbons (Fsp3) is 0.867. The number of unbranched alkanes of at least 4 members (excludes halogenated alkanes) is 39. The van der Waals surface area contributed by atoms with Gasteiger partial charge in [0.05, 0.1) is 25.4 Å². The van der Waals surface area contributed by atoms with Gasteiger partial charge in [-0.15, -0.1) is 0 Å². The van der Waals surface area contributed by atoms with Gasteiger partial charge in [-0.1, -0.05) is 275 Å². The molecule has 0 saturated carbocycles. The zero-order valence-electron chi connectivity index (χ0n) is 44.2. The van der Waals surface area contributed by atoms with Crippen molar-refractivity contribution in [3.63, 3.8) is 0 Å². The van der Waals surface area contributed by atoms with Crippen LogP contribution in [0.4, 0.5) is 0 Å². The van der Waals surface area contributed by atoms with Crippen LogP contribution in [0.15, 0.2) is 36.5 Å². The van der Waals surface area contributed by atoms with Crippen molar-refractivity contribution >= 4 is 11.9 Å². The van der Waals surface area contributed by atoms with Crippen LogP contribution in [0.2, 0.25) is 0 Å². The number of ether oxygens (including phenoxy) is 1. The maximum atomic E-state index is 12.4. The number of hydrogen-bond acceptors (Lipinski definition) is 5. The predicted octanol–water partition coefficient (Wildman–Crippen LogP) is 18.0. The monoisotopic (exact) mass is 928 g/mol. The standard InChI is InChI=1S/C60H113NO5/c1-3-5-7-9-11-13-14-30-34-38-42-46-50-54-60(65)66-55-51-47-43-39-35-32-29-27-25-23-21-19-17-15-16-18-20-22-24-26-28-31-33-37-41-45-49-53-59(64)61-57(56-62)58(63)52-48-44-40-36-12-10-8-6-4-2/h7,9,13-14,48,52,57-58,62-63H,3-6,8,10-12,15-47,49-51,53-56H2,1-2H3,(H,61,64)/b9-7-,14-13-,52-48+. The van der Waals surface area contributed by atoms with E-state index < -0.39 is 12.1 Å². The Morgan fingerprint density at radius 2 is 0.788 bits per heavy atom. The second kappa shape index (κ2) is 55.7. The normalized spacial score (nSPS) is 12.8. The largest absolute Gasteiger partial charge is 0.466 e. The van der Waals surface area contributed by atoms with Crippen LogP contribution in [0.5, 0.6) is 0 Å². The van der Waals surface area contributed by atoms with Gasteiger partial charge in [0.2, 0.25) is 5.91 Å². The number of rotatable bonds is 54. The van der Waals surface area contributed by atoms with E-state index in [2.05, 4.69) is 43.5 Å². The van der Waals surface area contributed by atoms with Crippen LogP contribution in [0.25, 0.3) is 0 Å². The first kappa shape index (κ1) is 64.1. The van der Waals surface area contributed by atoms with E-state index in [1.807, 2.05) is 6.08 Å². The zero-order valence-corrected chi connectivity index (χ0v) is 44.2. The molecule has 0 saturated heterocycles. The molecule has 0 spiro atoms. The van der Waals surface area contributed by atoms with Gasteiger partial charge < -0.3 is 20.3 Å². The Balaban J connectivity index is 3.33. The Labute approximate surface area is 411 Å². The molecule has 66 heavy (non-hydrogen) atoms. The van der Waals surface area contributed by atoms with Gasteiger partial charge in [-0.05, 0) is 57.8 Å². The van der Waals surface area contributed by atoms with Crippen LogP contribution in [0, 0.1) is 0 Å². The molecule has 0 bridgehead atoms. The summed E-state index contributed by atoms with van der Waals surface area (Å²) in [5.74, 6) is -0.0660. The average molecular weight is 929 g/mol. The van der Waals surface area contributed by atoms with E-state index in [0.29, 0.717) is 19.4 Å². The Morgan fingerprint density at radius 3 is 1.21 bits per heavy atom. The number of aliphatic hydroxyl groups is 2. The lowest BCUT2D eigenvalue weighted by Gasteiger charge is -2.20. The average Bonchev–Trinajstić information content (AvgIpc) is 3.32. The summed E-state index contributed by atoms with van der Waals surface area (Å²) >= 11 is 0. The van der Waals surface area contributed by atoms with Gasteiger partial charge in [-0.25, -0.2) is 0 Å². The maximum Gasteiger partial charge on any atom is 0.305 e. The van der Waals surface area contributed by atoms with E-state index in [1.165, 1.54) is 231 Å². The Morgan fingerprint density at radius 1 is 0.424 bits per heavy atom. The van der Waals surface area contributed by atoms with Gasteiger partial charge >= 0.3 is 5.97 Å². The second-order valence-electron chi connectivity index (χ2n) is 20.0. The van der Waals surface area contributed by atoms with Crippen molar-refractivity contribution in [3.8, 4) is 0 Å². The first-order chi connectivity index (χ1) is 32.5. The van der Waals surface area contributed by atoms with Crippen LogP contribution in [-0.2, 0) is 14.3 Å². The summed E-state index contributed by atoms with van der Waals surface area (Å²) in [6.07, 6.45) is 69.1. The molecule has 0 heterocycles. The highest BCUT2D eigenvalue weighted by molar-refractivity contribution is 5.76. The zero-order chi connectivity index (χ0) is 47.9. The molecular weight excluding hydrogens is 815 g/mol. The molecule has 6 heteroatoms. The fourth-order valence-electron chi connectivity index (χ4n) is 8.91. The molecule has 0 rings (SSSR count). The van der Waals surface area contributed by atoms with Crippen LogP contribution in [0.3, 0.4) is 0 Å².